The molecule has 0 atom stereocenters. The summed E-state index contributed by atoms with van der Waals surface area (Å²) in [6.45, 7) is 3.84. The molecule has 18 heavy (non-hydrogen) atoms. The summed E-state index contributed by atoms with van der Waals surface area (Å²) < 4.78 is 0. The molecule has 1 aromatic heterocycles. The van der Waals surface area contributed by atoms with E-state index in [-0.39, 0.29) is 5.56 Å². The number of benzene rings is 1. The molecule has 0 fully saturated rings. The summed E-state index contributed by atoms with van der Waals surface area (Å²) in [6.07, 6.45) is 1.82. The molecule has 0 saturated carbocycles. The van der Waals surface area contributed by atoms with Crippen LogP contribution in [0.3, 0.4) is 0 Å². The molecule has 0 saturated heterocycles. The van der Waals surface area contributed by atoms with Crippen LogP contribution in [0.1, 0.15) is 21.5 Å². The van der Waals surface area contributed by atoms with E-state index in [2.05, 4.69) is 4.98 Å². The first-order valence-corrected chi connectivity index (χ1v) is 5.51. The van der Waals surface area contributed by atoms with Gasteiger partial charge in [0.1, 0.15) is 0 Å². The largest absolute Gasteiger partial charge is 0.545 e. The Kier molecular flexibility index (Phi) is 4.87. The number of nitrogen functional groups attached to an aromatic ring is 1. The van der Waals surface area contributed by atoms with Gasteiger partial charge >= 0.3 is 0 Å². The van der Waals surface area contributed by atoms with Crippen molar-refractivity contribution in [2.75, 3.05) is 5.73 Å². The molecule has 0 aliphatic rings. The zero-order chi connectivity index (χ0) is 13.5. The molecule has 0 bridgehead atoms. The summed E-state index contributed by atoms with van der Waals surface area (Å²) in [7, 11) is 0. The number of hydrogen-bond acceptors (Lipinski definition) is 3. The number of aryl methyl sites for hydroxylation is 2. The number of rotatable bonds is 1. The minimum atomic E-state index is -1.12. The van der Waals surface area contributed by atoms with Crippen LogP contribution in [0, 0.1) is 13.8 Å². The Labute approximate surface area is 106 Å². The highest BCUT2D eigenvalue weighted by molar-refractivity contribution is 5.85. The Morgan fingerprint density at radius 2 is 1.83 bits per heavy atom. The number of carbonyl (C=O) groups is 1. The van der Waals surface area contributed by atoms with Crippen LogP contribution in [0.15, 0.2) is 42.6 Å². The van der Waals surface area contributed by atoms with Gasteiger partial charge in [-0.1, -0.05) is 29.8 Å². The molecule has 0 aliphatic heterocycles. The lowest BCUT2D eigenvalue weighted by atomic mass is 10.1. The molecule has 4 heteroatoms. The number of carboxylic acid groups (broad SMARTS) is 1. The predicted molar refractivity (Wildman–Crippen MR) is 67.7 cm³/mol. The van der Waals surface area contributed by atoms with Gasteiger partial charge in [-0.25, -0.2) is 4.98 Å². The fraction of sp³-hybridized carbons (Fsp3) is 0.143. The third-order valence-electron chi connectivity index (χ3n) is 2.23. The van der Waals surface area contributed by atoms with E-state index >= 15 is 0 Å². The third kappa shape index (κ3) is 4.65. The molecular formula is C14H16N2O2. The molecule has 0 aliphatic carbocycles. The van der Waals surface area contributed by atoms with Crippen LogP contribution in [0.25, 0.3) is 0 Å². The van der Waals surface area contributed by atoms with Crippen LogP contribution >= 0.6 is 0 Å². The van der Waals surface area contributed by atoms with E-state index in [4.69, 9.17) is 5.73 Å². The topological polar surface area (TPSA) is 80.3 Å². The lowest BCUT2D eigenvalue weighted by molar-refractivity contribution is -0.360. The van der Waals surface area contributed by atoms with Crippen LogP contribution in [0.2, 0.25) is 0 Å². The number of H-pyrrole nitrogens is 1. The van der Waals surface area contributed by atoms with Crippen molar-refractivity contribution in [3.05, 3.63) is 59.3 Å². The van der Waals surface area contributed by atoms with Gasteiger partial charge in [-0.3, -0.25) is 5.73 Å². The molecule has 2 rings (SSSR count). The normalized spacial score (nSPS) is 9.22. The lowest BCUT2D eigenvalue weighted by Crippen LogP contribution is -2.22. The average Bonchev–Trinajstić information content (AvgIpc) is 2.29. The molecule has 0 spiro atoms. The number of aromatic amines is 1. The van der Waals surface area contributed by atoms with Crippen molar-refractivity contribution >= 4 is 11.8 Å². The monoisotopic (exact) mass is 244 g/mol. The molecule has 3 N–H and O–H groups in total. The Balaban J connectivity index is 0.000000184. The average molecular weight is 244 g/mol. The minimum Gasteiger partial charge on any atom is -0.545 e. The van der Waals surface area contributed by atoms with Gasteiger partial charge in [0.25, 0.3) is 5.82 Å². The summed E-state index contributed by atoms with van der Waals surface area (Å²) in [6, 6.07) is 10.5. The lowest BCUT2D eigenvalue weighted by Gasteiger charge is -2.01. The maximum atomic E-state index is 10.2. The van der Waals surface area contributed by atoms with E-state index in [0.717, 1.165) is 5.56 Å². The first-order valence-electron chi connectivity index (χ1n) is 5.51. The number of aromatic nitrogens is 1. The van der Waals surface area contributed by atoms with Crippen LogP contribution in [-0.4, -0.2) is 5.97 Å². The molecule has 0 unspecified atom stereocenters. The second-order valence-corrected chi connectivity index (χ2v) is 3.98. The standard InChI is InChI=1S/C8H8O2.C6H8N2/c1-6-3-2-4-7(5-6)8(9)10;1-5-2-3-8-6(7)4-5/h2-5H,1H3,(H,9,10);2-4H,1H3,(H2,7,8). The van der Waals surface area contributed by atoms with Crippen molar-refractivity contribution < 1.29 is 14.9 Å². The fourth-order valence-electron chi connectivity index (χ4n) is 1.38. The smallest absolute Gasteiger partial charge is 0.270 e. The Bertz CT molecular complexity index is 522. The summed E-state index contributed by atoms with van der Waals surface area (Å²) >= 11 is 0. The highest BCUT2D eigenvalue weighted by atomic mass is 16.4. The molecule has 0 amide bonds. The summed E-state index contributed by atoms with van der Waals surface area (Å²) in [5.41, 5.74) is 7.75. The molecule has 0 radical (unpaired) electrons. The number of carbonyl (C=O) groups excluding carboxylic acids is 1. The van der Waals surface area contributed by atoms with Gasteiger partial charge in [0, 0.05) is 6.07 Å². The zero-order valence-corrected chi connectivity index (χ0v) is 10.4. The van der Waals surface area contributed by atoms with E-state index in [1.807, 2.05) is 38.2 Å². The molecule has 2 aromatic rings. The first kappa shape index (κ1) is 13.7. The number of nitrogens with two attached hydrogens (primary N) is 1. The number of hydrogen-bond donors (Lipinski definition) is 1. The number of pyridine rings is 1. The maximum absolute atomic E-state index is 10.2. The van der Waals surface area contributed by atoms with Gasteiger partial charge in [-0.2, -0.15) is 0 Å². The van der Waals surface area contributed by atoms with Crippen molar-refractivity contribution in [3.63, 3.8) is 0 Å². The molecule has 1 aromatic carbocycles. The van der Waals surface area contributed by atoms with Crippen LogP contribution in [0.5, 0.6) is 0 Å². The Morgan fingerprint density at radius 1 is 1.17 bits per heavy atom. The maximum Gasteiger partial charge on any atom is 0.270 e. The van der Waals surface area contributed by atoms with Crippen molar-refractivity contribution in [1.29, 1.82) is 0 Å². The van der Waals surface area contributed by atoms with Gasteiger partial charge in [0.2, 0.25) is 0 Å². The summed E-state index contributed by atoms with van der Waals surface area (Å²) in [5, 5.41) is 10.2. The van der Waals surface area contributed by atoms with Crippen molar-refractivity contribution in [2.45, 2.75) is 13.8 Å². The minimum absolute atomic E-state index is 0.236. The molecule has 4 nitrogen and oxygen atoms in total. The van der Waals surface area contributed by atoms with Gasteiger partial charge in [-0.15, -0.1) is 0 Å². The Morgan fingerprint density at radius 3 is 2.22 bits per heavy atom. The van der Waals surface area contributed by atoms with E-state index in [1.54, 1.807) is 12.1 Å². The second-order valence-electron chi connectivity index (χ2n) is 3.98. The zero-order valence-electron chi connectivity index (χ0n) is 10.4. The quantitative estimate of drug-likeness (QED) is 0.803. The highest BCUT2D eigenvalue weighted by Gasteiger charge is 1.90. The first-order chi connectivity index (χ1) is 8.49. The second kappa shape index (κ2) is 6.39. The van der Waals surface area contributed by atoms with Crippen LogP contribution in [-0.2, 0) is 0 Å². The van der Waals surface area contributed by atoms with E-state index in [0.29, 0.717) is 5.82 Å². The fourth-order valence-corrected chi connectivity index (χ4v) is 1.38. The van der Waals surface area contributed by atoms with Crippen LogP contribution in [0.4, 0.5) is 5.82 Å². The summed E-state index contributed by atoms with van der Waals surface area (Å²) in [4.78, 5) is 13.1. The van der Waals surface area contributed by atoms with Crippen molar-refractivity contribution in [1.82, 2.24) is 0 Å². The van der Waals surface area contributed by atoms with Crippen molar-refractivity contribution in [3.8, 4) is 0 Å². The molecule has 94 valence electrons. The van der Waals surface area contributed by atoms with Gasteiger partial charge in [0.05, 0.1) is 12.2 Å². The highest BCUT2D eigenvalue weighted by Crippen LogP contribution is 2.01. The Hall–Kier alpha value is -2.36. The van der Waals surface area contributed by atoms with E-state index in [9.17, 15) is 9.90 Å². The number of nitrogens with one attached hydrogen (secondary N) is 1. The number of aromatic carboxylic acids is 1. The van der Waals surface area contributed by atoms with E-state index < -0.39 is 5.97 Å². The SMILES string of the molecule is Cc1cc[nH+]c(N)c1.Cc1cccc(C(=O)[O-])c1. The van der Waals surface area contributed by atoms with Gasteiger partial charge in [0.15, 0.2) is 0 Å². The van der Waals surface area contributed by atoms with E-state index in [1.165, 1.54) is 11.6 Å². The van der Waals surface area contributed by atoms with Crippen molar-refractivity contribution in [2.24, 2.45) is 0 Å². The number of anilines is 1. The van der Waals surface area contributed by atoms with Crippen LogP contribution < -0.4 is 15.8 Å². The number of carboxylic acids is 1. The van der Waals surface area contributed by atoms with Gasteiger partial charge < -0.3 is 9.90 Å². The molecular weight excluding hydrogens is 228 g/mol. The third-order valence-corrected chi connectivity index (χ3v) is 2.23. The summed E-state index contributed by atoms with van der Waals surface area (Å²) in [5.74, 6) is -0.409. The van der Waals surface area contributed by atoms with Gasteiger partial charge in [-0.05, 0) is 31.0 Å². The predicted octanol–water partition coefficient (Wildman–Crippen LogP) is 0.750. The molecule has 1 heterocycles.